The number of rotatable bonds is 7. The molecular formula is C23H24FN3O2S. The van der Waals surface area contributed by atoms with Crippen LogP contribution in [0.3, 0.4) is 0 Å². The molecule has 30 heavy (non-hydrogen) atoms. The van der Waals surface area contributed by atoms with Gasteiger partial charge in [0, 0.05) is 18.3 Å². The van der Waals surface area contributed by atoms with Gasteiger partial charge in [-0.3, -0.25) is 14.5 Å². The number of hydrogen-bond acceptors (Lipinski definition) is 3. The quantitative estimate of drug-likeness (QED) is 0.688. The SMILES string of the molecule is Cc1ccc(NC(=O)C[C@@H]2C(=O)N(C3CC3)C(=S)N2CCc2ccc(F)cc2)cc1. The van der Waals surface area contributed by atoms with E-state index in [0.29, 0.717) is 23.8 Å². The van der Waals surface area contributed by atoms with Gasteiger partial charge in [0.05, 0.1) is 6.42 Å². The van der Waals surface area contributed by atoms with E-state index < -0.39 is 6.04 Å². The van der Waals surface area contributed by atoms with E-state index in [9.17, 15) is 14.0 Å². The number of halogens is 1. The zero-order chi connectivity index (χ0) is 21.3. The van der Waals surface area contributed by atoms with Crippen molar-refractivity contribution in [1.29, 1.82) is 0 Å². The van der Waals surface area contributed by atoms with Gasteiger partial charge in [-0.2, -0.15) is 0 Å². The van der Waals surface area contributed by atoms with Crippen LogP contribution in [0.15, 0.2) is 48.5 Å². The van der Waals surface area contributed by atoms with Crippen molar-refractivity contribution in [1.82, 2.24) is 9.80 Å². The van der Waals surface area contributed by atoms with Crippen molar-refractivity contribution in [3.05, 3.63) is 65.5 Å². The first-order valence-electron chi connectivity index (χ1n) is 10.2. The highest BCUT2D eigenvalue weighted by Crippen LogP contribution is 2.34. The summed E-state index contributed by atoms with van der Waals surface area (Å²) in [5.41, 5.74) is 2.77. The van der Waals surface area contributed by atoms with Crippen LogP contribution in [0.1, 0.15) is 30.4 Å². The number of anilines is 1. The molecule has 0 unspecified atom stereocenters. The topological polar surface area (TPSA) is 52.7 Å². The molecule has 156 valence electrons. The van der Waals surface area contributed by atoms with Gasteiger partial charge < -0.3 is 10.2 Å². The Morgan fingerprint density at radius 2 is 1.80 bits per heavy atom. The molecule has 0 aromatic heterocycles. The Kier molecular flexibility index (Phi) is 5.81. The van der Waals surface area contributed by atoms with Crippen LogP contribution >= 0.6 is 12.2 Å². The molecule has 1 N–H and O–H groups in total. The van der Waals surface area contributed by atoms with Gasteiger partial charge in [0.1, 0.15) is 11.9 Å². The fourth-order valence-corrected chi connectivity index (χ4v) is 4.16. The first kappa shape index (κ1) is 20.5. The molecule has 2 amide bonds. The van der Waals surface area contributed by atoms with Crippen LogP contribution in [-0.4, -0.2) is 45.4 Å². The smallest absolute Gasteiger partial charge is 0.252 e. The van der Waals surface area contributed by atoms with Gasteiger partial charge in [0.25, 0.3) is 5.91 Å². The van der Waals surface area contributed by atoms with Gasteiger partial charge >= 0.3 is 0 Å². The Labute approximate surface area is 180 Å². The zero-order valence-corrected chi connectivity index (χ0v) is 17.6. The summed E-state index contributed by atoms with van der Waals surface area (Å²) >= 11 is 5.60. The number of carbonyl (C=O) groups is 2. The molecule has 7 heteroatoms. The van der Waals surface area contributed by atoms with Crippen molar-refractivity contribution >= 4 is 34.8 Å². The minimum absolute atomic E-state index is 0.0412. The van der Waals surface area contributed by atoms with E-state index in [-0.39, 0.29) is 30.1 Å². The molecule has 1 saturated heterocycles. The van der Waals surface area contributed by atoms with Crippen molar-refractivity contribution < 1.29 is 14.0 Å². The van der Waals surface area contributed by atoms with Crippen molar-refractivity contribution in [3.8, 4) is 0 Å². The summed E-state index contributed by atoms with van der Waals surface area (Å²) in [6.07, 6.45) is 2.54. The molecule has 1 heterocycles. The van der Waals surface area contributed by atoms with E-state index in [1.807, 2.05) is 36.1 Å². The molecular weight excluding hydrogens is 401 g/mol. The van der Waals surface area contributed by atoms with Crippen LogP contribution in [0.4, 0.5) is 10.1 Å². The molecule has 1 atom stereocenters. The van der Waals surface area contributed by atoms with Crippen molar-refractivity contribution in [2.45, 2.75) is 44.7 Å². The summed E-state index contributed by atoms with van der Waals surface area (Å²) in [4.78, 5) is 29.3. The lowest BCUT2D eigenvalue weighted by atomic mass is 10.1. The summed E-state index contributed by atoms with van der Waals surface area (Å²) < 4.78 is 13.2. The maximum atomic E-state index is 13.2. The summed E-state index contributed by atoms with van der Waals surface area (Å²) in [6, 6.07) is 13.4. The predicted molar refractivity (Wildman–Crippen MR) is 117 cm³/mol. The highest BCUT2D eigenvalue weighted by atomic mass is 32.1. The van der Waals surface area contributed by atoms with Gasteiger partial charge in [-0.15, -0.1) is 0 Å². The van der Waals surface area contributed by atoms with E-state index >= 15 is 0 Å². The zero-order valence-electron chi connectivity index (χ0n) is 16.8. The Morgan fingerprint density at radius 1 is 1.13 bits per heavy atom. The van der Waals surface area contributed by atoms with Crippen LogP contribution in [-0.2, 0) is 16.0 Å². The van der Waals surface area contributed by atoms with E-state index in [1.54, 1.807) is 17.0 Å². The first-order valence-corrected chi connectivity index (χ1v) is 10.6. The standard InChI is InChI=1S/C23H24FN3O2S/c1-15-2-8-18(9-3-15)25-21(28)14-20-22(29)27(19-10-11-19)23(30)26(20)13-12-16-4-6-17(24)7-5-16/h2-9,19-20H,10-14H2,1H3,(H,25,28)/t20-/m1/s1. The molecule has 1 aliphatic heterocycles. The summed E-state index contributed by atoms with van der Waals surface area (Å²) in [7, 11) is 0. The lowest BCUT2D eigenvalue weighted by Gasteiger charge is -2.24. The molecule has 2 fully saturated rings. The second-order valence-corrected chi connectivity index (χ2v) is 8.29. The lowest BCUT2D eigenvalue weighted by molar-refractivity contribution is -0.131. The van der Waals surface area contributed by atoms with Gasteiger partial charge in [0.2, 0.25) is 5.91 Å². The van der Waals surface area contributed by atoms with Gasteiger partial charge in [-0.1, -0.05) is 29.8 Å². The average Bonchev–Trinajstić information content (AvgIpc) is 3.52. The second kappa shape index (κ2) is 8.52. The maximum Gasteiger partial charge on any atom is 0.252 e. The molecule has 0 spiro atoms. The van der Waals surface area contributed by atoms with Gasteiger partial charge in [-0.05, 0) is 68.2 Å². The number of hydrogen-bond donors (Lipinski definition) is 1. The Bertz CT molecular complexity index is 957. The highest BCUT2D eigenvalue weighted by Gasteiger charge is 2.48. The Balaban J connectivity index is 1.46. The highest BCUT2D eigenvalue weighted by molar-refractivity contribution is 7.80. The van der Waals surface area contributed by atoms with Gasteiger partial charge in [0.15, 0.2) is 5.11 Å². The molecule has 0 radical (unpaired) electrons. The van der Waals surface area contributed by atoms with Gasteiger partial charge in [-0.25, -0.2) is 4.39 Å². The number of amides is 2. The second-order valence-electron chi connectivity index (χ2n) is 7.93. The molecule has 1 aliphatic carbocycles. The largest absolute Gasteiger partial charge is 0.336 e. The first-order chi connectivity index (χ1) is 14.4. The number of carbonyl (C=O) groups excluding carboxylic acids is 2. The maximum absolute atomic E-state index is 13.2. The van der Waals surface area contributed by atoms with E-state index in [1.165, 1.54) is 12.1 Å². The molecule has 1 saturated carbocycles. The lowest BCUT2D eigenvalue weighted by Crippen LogP contribution is -2.39. The summed E-state index contributed by atoms with van der Waals surface area (Å²) in [5.74, 6) is -0.596. The van der Waals surface area contributed by atoms with Crippen LogP contribution in [0.2, 0.25) is 0 Å². The van der Waals surface area contributed by atoms with E-state index in [2.05, 4.69) is 5.32 Å². The van der Waals surface area contributed by atoms with E-state index in [4.69, 9.17) is 12.2 Å². The van der Waals surface area contributed by atoms with Crippen LogP contribution in [0, 0.1) is 12.7 Å². The summed E-state index contributed by atoms with van der Waals surface area (Å²) in [5, 5.41) is 3.37. The van der Waals surface area contributed by atoms with Crippen LogP contribution in [0.5, 0.6) is 0 Å². The number of aryl methyl sites for hydroxylation is 1. The number of benzene rings is 2. The predicted octanol–water partition coefficient (Wildman–Crippen LogP) is 3.67. The monoisotopic (exact) mass is 425 g/mol. The fraction of sp³-hybridized carbons (Fsp3) is 0.348. The molecule has 2 aromatic carbocycles. The molecule has 4 rings (SSSR count). The Morgan fingerprint density at radius 3 is 2.43 bits per heavy atom. The normalized spacial score (nSPS) is 18.8. The van der Waals surface area contributed by atoms with Crippen LogP contribution in [0.25, 0.3) is 0 Å². The number of nitrogens with one attached hydrogen (secondary N) is 1. The average molecular weight is 426 g/mol. The fourth-order valence-electron chi connectivity index (χ4n) is 3.70. The van der Waals surface area contributed by atoms with Crippen molar-refractivity contribution in [2.24, 2.45) is 0 Å². The van der Waals surface area contributed by atoms with E-state index in [0.717, 1.165) is 24.0 Å². The number of nitrogens with zero attached hydrogens (tertiary/aromatic N) is 2. The van der Waals surface area contributed by atoms with Crippen LogP contribution < -0.4 is 5.32 Å². The molecule has 2 aromatic rings. The number of thiocarbonyl (C=S) groups is 1. The molecule has 2 aliphatic rings. The molecule has 5 nitrogen and oxygen atoms in total. The molecule has 0 bridgehead atoms. The third kappa shape index (κ3) is 4.51. The van der Waals surface area contributed by atoms with Crippen molar-refractivity contribution in [2.75, 3.05) is 11.9 Å². The third-order valence-electron chi connectivity index (χ3n) is 5.53. The Hall–Kier alpha value is -2.80. The minimum Gasteiger partial charge on any atom is -0.336 e. The minimum atomic E-state index is -0.607. The summed E-state index contributed by atoms with van der Waals surface area (Å²) in [6.45, 7) is 2.48. The third-order valence-corrected chi connectivity index (χ3v) is 5.96. The van der Waals surface area contributed by atoms with Crippen molar-refractivity contribution in [3.63, 3.8) is 0 Å².